The van der Waals surface area contributed by atoms with E-state index in [-0.39, 0.29) is 0 Å². The zero-order valence-electron chi connectivity index (χ0n) is 4.05. The van der Waals surface area contributed by atoms with Gasteiger partial charge in [-0.3, -0.25) is 5.84 Å². The van der Waals surface area contributed by atoms with Gasteiger partial charge in [0.05, 0.1) is 9.96 Å². The molecule has 0 aromatic heterocycles. The highest BCUT2D eigenvalue weighted by atomic mass is 32.2. The molecule has 0 saturated carbocycles. The first-order chi connectivity index (χ1) is 3.38. The van der Waals surface area contributed by atoms with Gasteiger partial charge in [-0.15, -0.1) is 23.5 Å². The van der Waals surface area contributed by atoms with Crippen molar-refractivity contribution in [1.82, 2.24) is 5.43 Å². The van der Waals surface area contributed by atoms with Gasteiger partial charge >= 0.3 is 0 Å². The van der Waals surface area contributed by atoms with E-state index in [1.807, 2.05) is 23.5 Å². The van der Waals surface area contributed by atoms with Crippen molar-refractivity contribution in [2.45, 2.75) is 9.96 Å². The van der Waals surface area contributed by atoms with Gasteiger partial charge in [-0.2, -0.15) is 0 Å². The molecule has 2 atom stereocenters. The molecule has 0 amide bonds. The van der Waals surface area contributed by atoms with E-state index in [4.69, 9.17) is 5.84 Å². The summed E-state index contributed by atoms with van der Waals surface area (Å²) in [6.07, 6.45) is 2.09. The number of hydrogen-bond donors (Lipinski definition) is 2. The largest absolute Gasteiger partial charge is 0.270 e. The van der Waals surface area contributed by atoms with E-state index in [0.29, 0.717) is 9.96 Å². The van der Waals surface area contributed by atoms with Crippen molar-refractivity contribution in [3.05, 3.63) is 0 Å². The lowest BCUT2D eigenvalue weighted by Gasteiger charge is -1.86. The Bertz CT molecular complexity index is 60.0. The summed E-state index contributed by atoms with van der Waals surface area (Å²) < 4.78 is 0.713. The van der Waals surface area contributed by atoms with Crippen LogP contribution in [0.2, 0.25) is 0 Å². The predicted octanol–water partition coefficient (Wildman–Crippen LogP) is 0.212. The molecule has 2 unspecified atom stereocenters. The van der Waals surface area contributed by atoms with Gasteiger partial charge in [0, 0.05) is 0 Å². The maximum Gasteiger partial charge on any atom is 0.0885 e. The third kappa shape index (κ3) is 1.25. The van der Waals surface area contributed by atoms with Crippen LogP contribution in [-0.4, -0.2) is 16.2 Å². The van der Waals surface area contributed by atoms with Gasteiger partial charge in [-0.1, -0.05) is 0 Å². The Morgan fingerprint density at radius 1 is 1.86 bits per heavy atom. The molecule has 1 fully saturated rings. The van der Waals surface area contributed by atoms with E-state index < -0.39 is 0 Å². The number of nitrogens with one attached hydrogen (secondary N) is 1. The molecule has 0 radical (unpaired) electrons. The smallest absolute Gasteiger partial charge is 0.0885 e. The van der Waals surface area contributed by atoms with Crippen molar-refractivity contribution in [3.63, 3.8) is 0 Å². The van der Waals surface area contributed by atoms with E-state index in [0.717, 1.165) is 0 Å². The Labute approximate surface area is 51.6 Å². The van der Waals surface area contributed by atoms with Crippen LogP contribution in [0.5, 0.6) is 0 Å². The minimum Gasteiger partial charge on any atom is -0.270 e. The number of hydrogen-bond acceptors (Lipinski definition) is 4. The van der Waals surface area contributed by atoms with E-state index in [1.54, 1.807) is 0 Å². The number of thioether (sulfide) groups is 2. The molecule has 1 aliphatic rings. The molecule has 0 aromatic rings. The molecule has 1 rings (SSSR count). The molecule has 0 aromatic carbocycles. The molecule has 42 valence electrons. The van der Waals surface area contributed by atoms with E-state index in [1.165, 1.54) is 0 Å². The van der Waals surface area contributed by atoms with Crippen molar-refractivity contribution in [3.8, 4) is 0 Å². The highest BCUT2D eigenvalue weighted by molar-refractivity contribution is 8.23. The average molecular weight is 136 g/mol. The first kappa shape index (κ1) is 5.75. The van der Waals surface area contributed by atoms with Crippen molar-refractivity contribution < 1.29 is 0 Å². The Morgan fingerprint density at radius 3 is 2.71 bits per heavy atom. The van der Waals surface area contributed by atoms with Crippen molar-refractivity contribution in [2.75, 3.05) is 6.26 Å². The fraction of sp³-hybridized carbons (Fsp3) is 1.00. The van der Waals surface area contributed by atoms with Crippen LogP contribution < -0.4 is 11.3 Å². The van der Waals surface area contributed by atoms with Crippen LogP contribution in [0, 0.1) is 0 Å². The van der Waals surface area contributed by atoms with E-state index in [9.17, 15) is 0 Å². The van der Waals surface area contributed by atoms with Crippen LogP contribution in [0.15, 0.2) is 0 Å². The van der Waals surface area contributed by atoms with E-state index >= 15 is 0 Å². The van der Waals surface area contributed by atoms with Gasteiger partial charge in [-0.25, -0.2) is 5.43 Å². The molecule has 1 saturated heterocycles. The van der Waals surface area contributed by atoms with Gasteiger partial charge in [-0.05, 0) is 6.26 Å². The van der Waals surface area contributed by atoms with E-state index in [2.05, 4.69) is 11.7 Å². The quantitative estimate of drug-likeness (QED) is 0.323. The fourth-order valence-corrected chi connectivity index (χ4v) is 2.21. The molecule has 0 spiro atoms. The minimum atomic E-state index is 0.523. The maximum absolute atomic E-state index is 5.12. The summed E-state index contributed by atoms with van der Waals surface area (Å²) in [6.45, 7) is 0. The van der Waals surface area contributed by atoms with Crippen LogP contribution in [0.25, 0.3) is 0 Å². The predicted molar refractivity (Wildman–Crippen MR) is 36.0 cm³/mol. The summed E-state index contributed by atoms with van der Waals surface area (Å²) in [5.74, 6) is 5.12. The second-order valence-electron chi connectivity index (χ2n) is 1.33. The Hall–Kier alpha value is 0.620. The second kappa shape index (κ2) is 2.26. The van der Waals surface area contributed by atoms with Gasteiger partial charge in [0.1, 0.15) is 0 Å². The summed E-state index contributed by atoms with van der Waals surface area (Å²) in [5.41, 5.74) is 2.68. The zero-order valence-corrected chi connectivity index (χ0v) is 5.68. The van der Waals surface area contributed by atoms with Gasteiger partial charge in [0.25, 0.3) is 0 Å². The van der Waals surface area contributed by atoms with Gasteiger partial charge in [0.15, 0.2) is 0 Å². The Morgan fingerprint density at radius 2 is 2.57 bits per heavy atom. The minimum absolute atomic E-state index is 0.523. The molecular formula is C3H8N2S2. The molecule has 0 bridgehead atoms. The van der Waals surface area contributed by atoms with Crippen molar-refractivity contribution in [1.29, 1.82) is 0 Å². The first-order valence-electron chi connectivity index (χ1n) is 2.03. The summed E-state index contributed by atoms with van der Waals surface area (Å²) in [6, 6.07) is 0. The molecule has 7 heavy (non-hydrogen) atoms. The van der Waals surface area contributed by atoms with Crippen molar-refractivity contribution in [2.24, 2.45) is 5.84 Å². The highest BCUT2D eigenvalue weighted by Gasteiger charge is 2.36. The van der Waals surface area contributed by atoms with Crippen LogP contribution in [0.1, 0.15) is 0 Å². The number of hydrazine groups is 1. The normalized spacial score (nSPS) is 38.6. The lowest BCUT2D eigenvalue weighted by molar-refractivity contribution is 0.773. The maximum atomic E-state index is 5.12. The Balaban J connectivity index is 2.06. The fourth-order valence-electron chi connectivity index (χ4n) is 0.396. The Kier molecular flexibility index (Phi) is 1.86. The molecule has 1 heterocycles. The van der Waals surface area contributed by atoms with Gasteiger partial charge in [0.2, 0.25) is 0 Å². The monoisotopic (exact) mass is 136 g/mol. The van der Waals surface area contributed by atoms with Gasteiger partial charge < -0.3 is 0 Å². The highest BCUT2D eigenvalue weighted by Crippen LogP contribution is 2.45. The number of nitrogens with two attached hydrogens (primary N) is 1. The van der Waals surface area contributed by atoms with Crippen LogP contribution in [0.3, 0.4) is 0 Å². The molecule has 2 nitrogen and oxygen atoms in total. The second-order valence-corrected chi connectivity index (χ2v) is 3.89. The topological polar surface area (TPSA) is 38.0 Å². The number of rotatable bonds is 2. The first-order valence-corrected chi connectivity index (χ1v) is 4.26. The molecule has 4 heteroatoms. The van der Waals surface area contributed by atoms with Crippen molar-refractivity contribution >= 4 is 23.5 Å². The third-order valence-corrected chi connectivity index (χ3v) is 3.60. The SMILES string of the molecule is CSC1SC1NN. The third-order valence-electron chi connectivity index (χ3n) is 0.848. The summed E-state index contributed by atoms with van der Waals surface area (Å²) >= 11 is 3.71. The molecule has 3 N–H and O–H groups in total. The standard InChI is InChI=1S/C3H8N2S2/c1-6-3-2(5-4)7-3/h2-3,5H,4H2,1H3. The van der Waals surface area contributed by atoms with Crippen LogP contribution >= 0.6 is 23.5 Å². The average Bonchev–Trinajstić information content (AvgIpc) is 2.43. The lowest BCUT2D eigenvalue weighted by Crippen LogP contribution is -2.25. The van der Waals surface area contributed by atoms with Crippen LogP contribution in [0.4, 0.5) is 0 Å². The lowest BCUT2D eigenvalue weighted by atomic mass is 10.8. The summed E-state index contributed by atoms with van der Waals surface area (Å²) in [7, 11) is 0. The zero-order chi connectivity index (χ0) is 5.28. The van der Waals surface area contributed by atoms with Crippen LogP contribution in [-0.2, 0) is 0 Å². The molecule has 0 aliphatic carbocycles. The molecule has 1 aliphatic heterocycles. The summed E-state index contributed by atoms with van der Waals surface area (Å²) in [5, 5.41) is 0.523. The molecular weight excluding hydrogens is 128 g/mol. The summed E-state index contributed by atoms with van der Waals surface area (Å²) in [4.78, 5) is 0.